The Kier molecular flexibility index (Phi) is 3.99. The quantitative estimate of drug-likeness (QED) is 0.921. The number of nitrogens with zero attached hydrogens (tertiary/aromatic N) is 1. The van der Waals surface area contributed by atoms with Crippen molar-refractivity contribution in [3.8, 4) is 0 Å². The van der Waals surface area contributed by atoms with Gasteiger partial charge < -0.3 is 5.32 Å². The minimum absolute atomic E-state index is 0.0893. The van der Waals surface area contributed by atoms with Crippen molar-refractivity contribution in [3.63, 3.8) is 0 Å². The molecule has 0 atom stereocenters. The first-order chi connectivity index (χ1) is 10.5. The van der Waals surface area contributed by atoms with Gasteiger partial charge in [0.1, 0.15) is 0 Å². The zero-order valence-corrected chi connectivity index (χ0v) is 13.7. The molecular formula is C16H22N2O3S. The van der Waals surface area contributed by atoms with Crippen LogP contribution in [0.2, 0.25) is 0 Å². The van der Waals surface area contributed by atoms with Crippen molar-refractivity contribution in [2.24, 2.45) is 0 Å². The van der Waals surface area contributed by atoms with Crippen molar-refractivity contribution in [1.29, 1.82) is 0 Å². The number of rotatable bonds is 3. The van der Waals surface area contributed by atoms with E-state index in [1.807, 2.05) is 19.1 Å². The van der Waals surface area contributed by atoms with Crippen LogP contribution < -0.4 is 5.32 Å². The summed E-state index contributed by atoms with van der Waals surface area (Å²) in [5.74, 6) is 0.0893. The lowest BCUT2D eigenvalue weighted by Gasteiger charge is -2.38. The van der Waals surface area contributed by atoms with Crippen LogP contribution in [0.15, 0.2) is 29.2 Å². The third-order valence-electron chi connectivity index (χ3n) is 4.88. The van der Waals surface area contributed by atoms with Crippen LogP contribution in [0.3, 0.4) is 0 Å². The Bertz CT molecular complexity index is 659. The second-order valence-corrected chi connectivity index (χ2v) is 8.17. The van der Waals surface area contributed by atoms with E-state index in [4.69, 9.17) is 0 Å². The van der Waals surface area contributed by atoms with Crippen molar-refractivity contribution in [3.05, 3.63) is 29.8 Å². The molecule has 6 heteroatoms. The van der Waals surface area contributed by atoms with E-state index in [0.29, 0.717) is 37.2 Å². The Labute approximate surface area is 131 Å². The number of piperidine rings is 1. The van der Waals surface area contributed by atoms with Gasteiger partial charge in [0.15, 0.2) is 0 Å². The van der Waals surface area contributed by atoms with Crippen molar-refractivity contribution < 1.29 is 13.2 Å². The maximum atomic E-state index is 12.7. The maximum Gasteiger partial charge on any atom is 0.243 e. The van der Waals surface area contributed by atoms with Crippen LogP contribution in [-0.4, -0.2) is 37.3 Å². The molecule has 3 rings (SSSR count). The monoisotopic (exact) mass is 322 g/mol. The molecule has 1 aromatic carbocycles. The standard InChI is InChI=1S/C16H22N2O3S/c1-2-13-3-5-14(6-4-13)22(20,21)18-11-9-16(10-12-18)8-7-15(19)17-16/h3-6H,2,7-12H2,1H3,(H,17,19). The van der Waals surface area contributed by atoms with Gasteiger partial charge in [-0.2, -0.15) is 4.31 Å². The van der Waals surface area contributed by atoms with E-state index < -0.39 is 10.0 Å². The summed E-state index contributed by atoms with van der Waals surface area (Å²) in [6, 6.07) is 7.12. The molecule has 2 fully saturated rings. The molecule has 120 valence electrons. The highest BCUT2D eigenvalue weighted by atomic mass is 32.2. The maximum absolute atomic E-state index is 12.7. The van der Waals surface area contributed by atoms with Crippen LogP contribution in [0, 0.1) is 0 Å². The van der Waals surface area contributed by atoms with Gasteiger partial charge in [-0.3, -0.25) is 4.79 Å². The number of benzene rings is 1. The normalized spacial score (nSPS) is 22.0. The fourth-order valence-electron chi connectivity index (χ4n) is 3.35. The van der Waals surface area contributed by atoms with Crippen LogP contribution in [0.1, 0.15) is 38.2 Å². The number of carbonyl (C=O) groups is 1. The second-order valence-electron chi connectivity index (χ2n) is 6.23. The molecule has 0 unspecified atom stereocenters. The van der Waals surface area contributed by atoms with Gasteiger partial charge in [0, 0.05) is 25.0 Å². The summed E-state index contributed by atoms with van der Waals surface area (Å²) in [5, 5.41) is 3.04. The molecule has 0 saturated carbocycles. The fourth-order valence-corrected chi connectivity index (χ4v) is 4.79. The van der Waals surface area contributed by atoms with Gasteiger partial charge in [-0.15, -0.1) is 0 Å². The van der Waals surface area contributed by atoms with Crippen LogP contribution in [0.25, 0.3) is 0 Å². The number of hydrogen-bond donors (Lipinski definition) is 1. The number of carbonyl (C=O) groups excluding carboxylic acids is 1. The molecule has 2 saturated heterocycles. The molecule has 0 aromatic heterocycles. The van der Waals surface area contributed by atoms with Crippen LogP contribution in [-0.2, 0) is 21.2 Å². The van der Waals surface area contributed by atoms with Gasteiger partial charge in [-0.25, -0.2) is 8.42 Å². The number of sulfonamides is 1. The summed E-state index contributed by atoms with van der Waals surface area (Å²) in [4.78, 5) is 11.8. The fraction of sp³-hybridized carbons (Fsp3) is 0.562. The van der Waals surface area contributed by atoms with E-state index in [2.05, 4.69) is 5.32 Å². The van der Waals surface area contributed by atoms with E-state index in [1.54, 1.807) is 16.4 Å². The van der Waals surface area contributed by atoms with Crippen molar-refractivity contribution >= 4 is 15.9 Å². The molecular weight excluding hydrogens is 300 g/mol. The molecule has 2 heterocycles. The van der Waals surface area contributed by atoms with Crippen molar-refractivity contribution in [2.75, 3.05) is 13.1 Å². The molecule has 1 amide bonds. The SMILES string of the molecule is CCc1ccc(S(=O)(=O)N2CCC3(CCC(=O)N3)CC2)cc1. The first-order valence-electron chi connectivity index (χ1n) is 7.85. The Balaban J connectivity index is 1.72. The smallest absolute Gasteiger partial charge is 0.243 e. The molecule has 2 aliphatic rings. The lowest BCUT2D eigenvalue weighted by molar-refractivity contribution is -0.120. The number of aryl methyl sites for hydroxylation is 1. The minimum atomic E-state index is -3.43. The topological polar surface area (TPSA) is 66.5 Å². The second kappa shape index (κ2) is 5.66. The third-order valence-corrected chi connectivity index (χ3v) is 6.80. The lowest BCUT2D eigenvalue weighted by Crippen LogP contribution is -2.52. The molecule has 0 aliphatic carbocycles. The first-order valence-corrected chi connectivity index (χ1v) is 9.29. The van der Waals surface area contributed by atoms with Gasteiger partial charge >= 0.3 is 0 Å². The largest absolute Gasteiger partial charge is 0.351 e. The molecule has 0 radical (unpaired) electrons. The van der Waals surface area contributed by atoms with E-state index in [9.17, 15) is 13.2 Å². The number of nitrogens with one attached hydrogen (secondary N) is 1. The first kappa shape index (κ1) is 15.5. The predicted octanol–water partition coefficient (Wildman–Crippen LogP) is 1.68. The van der Waals surface area contributed by atoms with Crippen molar-refractivity contribution in [1.82, 2.24) is 9.62 Å². The Morgan fingerprint density at radius 3 is 2.27 bits per heavy atom. The van der Waals surface area contributed by atoms with Crippen molar-refractivity contribution in [2.45, 2.75) is 49.5 Å². The van der Waals surface area contributed by atoms with Gasteiger partial charge in [0.25, 0.3) is 0 Å². The summed E-state index contributed by atoms with van der Waals surface area (Å²) in [6.45, 7) is 2.99. The average molecular weight is 322 g/mol. The van der Waals surface area contributed by atoms with Crippen LogP contribution in [0.5, 0.6) is 0 Å². The van der Waals surface area contributed by atoms with Crippen LogP contribution in [0.4, 0.5) is 0 Å². The van der Waals surface area contributed by atoms with Gasteiger partial charge in [0.2, 0.25) is 15.9 Å². The zero-order valence-electron chi connectivity index (χ0n) is 12.8. The zero-order chi connectivity index (χ0) is 15.8. The van der Waals surface area contributed by atoms with E-state index in [0.717, 1.165) is 18.4 Å². The summed E-state index contributed by atoms with van der Waals surface area (Å²) in [6.07, 6.45) is 3.68. The molecule has 22 heavy (non-hydrogen) atoms. The van der Waals surface area contributed by atoms with Gasteiger partial charge in [-0.1, -0.05) is 19.1 Å². The summed E-state index contributed by atoms with van der Waals surface area (Å²) in [5.41, 5.74) is 0.958. The predicted molar refractivity (Wildman–Crippen MR) is 83.9 cm³/mol. The number of amides is 1. The summed E-state index contributed by atoms with van der Waals surface area (Å²) in [7, 11) is -3.43. The highest BCUT2D eigenvalue weighted by Crippen LogP contribution is 2.33. The molecule has 0 bridgehead atoms. The van der Waals surface area contributed by atoms with Gasteiger partial charge in [-0.05, 0) is 43.4 Å². The van der Waals surface area contributed by atoms with Crippen LogP contribution >= 0.6 is 0 Å². The Morgan fingerprint density at radius 1 is 1.14 bits per heavy atom. The minimum Gasteiger partial charge on any atom is -0.351 e. The summed E-state index contributed by atoms with van der Waals surface area (Å²) >= 11 is 0. The van der Waals surface area contributed by atoms with E-state index >= 15 is 0 Å². The molecule has 2 aliphatic heterocycles. The van der Waals surface area contributed by atoms with E-state index in [-0.39, 0.29) is 11.4 Å². The molecule has 1 spiro atoms. The lowest BCUT2D eigenvalue weighted by atomic mass is 9.87. The summed E-state index contributed by atoms with van der Waals surface area (Å²) < 4.78 is 26.9. The van der Waals surface area contributed by atoms with E-state index in [1.165, 1.54) is 0 Å². The van der Waals surface area contributed by atoms with Gasteiger partial charge in [0.05, 0.1) is 4.90 Å². The molecule has 5 nitrogen and oxygen atoms in total. The Hall–Kier alpha value is -1.40. The Morgan fingerprint density at radius 2 is 1.77 bits per heavy atom. The third kappa shape index (κ3) is 2.77. The highest BCUT2D eigenvalue weighted by Gasteiger charge is 2.42. The molecule has 1 aromatic rings. The molecule has 1 N–H and O–H groups in total. The number of hydrogen-bond acceptors (Lipinski definition) is 3. The highest BCUT2D eigenvalue weighted by molar-refractivity contribution is 7.89. The average Bonchev–Trinajstić information content (AvgIpc) is 2.88.